The molecule has 9 heteroatoms. The molecule has 140 valence electrons. The quantitative estimate of drug-likeness (QED) is 0.488. The van der Waals surface area contributed by atoms with Gasteiger partial charge in [0.1, 0.15) is 18.3 Å². The van der Waals surface area contributed by atoms with Crippen LogP contribution in [-0.4, -0.2) is 64.3 Å². The van der Waals surface area contributed by atoms with Crippen molar-refractivity contribution in [3.05, 3.63) is 17.2 Å². The van der Waals surface area contributed by atoms with Gasteiger partial charge < -0.3 is 39.6 Å². The van der Waals surface area contributed by atoms with E-state index in [1.165, 1.54) is 0 Å². The van der Waals surface area contributed by atoms with Crippen LogP contribution in [0.15, 0.2) is 6.07 Å². The molecule has 0 bridgehead atoms. The van der Waals surface area contributed by atoms with Gasteiger partial charge in [-0.05, 0) is 25.5 Å². The van der Waals surface area contributed by atoms with Gasteiger partial charge in [-0.3, -0.25) is 4.79 Å². The van der Waals surface area contributed by atoms with Crippen molar-refractivity contribution in [1.29, 1.82) is 0 Å². The van der Waals surface area contributed by atoms with E-state index in [1.54, 1.807) is 19.9 Å². The Morgan fingerprint density at radius 3 is 2.65 bits per heavy atom. The van der Waals surface area contributed by atoms with E-state index < -0.39 is 48.1 Å². The van der Waals surface area contributed by atoms with Crippen molar-refractivity contribution in [2.45, 2.75) is 56.0 Å². The van der Waals surface area contributed by atoms with Crippen LogP contribution in [0, 0.1) is 0 Å². The van der Waals surface area contributed by atoms with Crippen molar-refractivity contribution in [3.63, 3.8) is 0 Å². The minimum absolute atomic E-state index is 0.0124. The molecule has 6 atom stereocenters. The average Bonchev–Trinajstić information content (AvgIpc) is 3.16. The second-order valence-electron chi connectivity index (χ2n) is 7.49. The van der Waals surface area contributed by atoms with Crippen LogP contribution in [0.1, 0.15) is 35.7 Å². The zero-order valence-corrected chi connectivity index (χ0v) is 14.1. The van der Waals surface area contributed by atoms with E-state index in [0.29, 0.717) is 11.3 Å². The Kier molecular flexibility index (Phi) is 3.11. The minimum Gasteiger partial charge on any atom is -0.504 e. The van der Waals surface area contributed by atoms with E-state index in [-0.39, 0.29) is 23.9 Å². The normalized spacial score (nSPS) is 39.0. The summed E-state index contributed by atoms with van der Waals surface area (Å²) < 4.78 is 22.2. The molecule has 3 aliphatic heterocycles. The van der Waals surface area contributed by atoms with Gasteiger partial charge in [0, 0.05) is 5.92 Å². The second kappa shape index (κ2) is 5.01. The van der Waals surface area contributed by atoms with E-state index in [1.807, 2.05) is 0 Å². The fourth-order valence-electron chi connectivity index (χ4n) is 4.50. The summed E-state index contributed by atoms with van der Waals surface area (Å²) in [5.41, 5.74) is 0.400. The smallest absolute Gasteiger partial charge is 0.255 e. The van der Waals surface area contributed by atoms with Crippen LogP contribution in [0.2, 0.25) is 0 Å². The molecular weight excluding hydrogens is 346 g/mol. The number of hydrogen-bond acceptors (Lipinski definition) is 8. The first-order valence-corrected chi connectivity index (χ1v) is 8.46. The molecule has 1 saturated carbocycles. The number of amides is 1. The fourth-order valence-corrected chi connectivity index (χ4v) is 4.50. The summed E-state index contributed by atoms with van der Waals surface area (Å²) in [5.74, 6) is -2.10. The molecule has 1 amide bonds. The lowest BCUT2D eigenvalue weighted by molar-refractivity contribution is -0.159. The Bertz CT molecular complexity index is 808. The maximum Gasteiger partial charge on any atom is 0.255 e. The van der Waals surface area contributed by atoms with E-state index in [2.05, 4.69) is 5.32 Å². The van der Waals surface area contributed by atoms with Crippen molar-refractivity contribution in [2.24, 2.45) is 0 Å². The highest BCUT2D eigenvalue weighted by molar-refractivity contribution is 6.01. The standard InChI is InChI=1S/C17H19NO8/c1-17(2)25-14-9-7(10(19)12(21)15(14)26-17)5-3-6-13(24-4-23-6)11(20)8(5)16(22)18-9/h3,7,9-10,12,14-15,19-21H,4H2,1-2H3,(H,18,22)/t7-,9-,10+,12+,14+,15-/m1/s1. The number of ether oxygens (including phenoxy) is 4. The Morgan fingerprint density at radius 1 is 1.15 bits per heavy atom. The molecule has 26 heavy (non-hydrogen) atoms. The maximum absolute atomic E-state index is 12.7. The molecule has 1 aromatic rings. The second-order valence-corrected chi connectivity index (χ2v) is 7.49. The third kappa shape index (κ3) is 1.96. The largest absolute Gasteiger partial charge is 0.504 e. The summed E-state index contributed by atoms with van der Waals surface area (Å²) in [6.45, 7) is 3.35. The van der Waals surface area contributed by atoms with Gasteiger partial charge in [0.25, 0.3) is 5.91 Å². The molecule has 2 fully saturated rings. The highest BCUT2D eigenvalue weighted by Crippen LogP contribution is 2.51. The fraction of sp³-hybridized carbons (Fsp3) is 0.588. The van der Waals surface area contributed by atoms with Crippen LogP contribution in [-0.2, 0) is 9.47 Å². The first-order valence-electron chi connectivity index (χ1n) is 8.46. The number of rotatable bonds is 0. The highest BCUT2D eigenvalue weighted by Gasteiger charge is 2.60. The van der Waals surface area contributed by atoms with Crippen LogP contribution in [0.4, 0.5) is 0 Å². The van der Waals surface area contributed by atoms with Gasteiger partial charge in [-0.2, -0.15) is 0 Å². The number of carbonyl (C=O) groups is 1. The first kappa shape index (κ1) is 16.1. The van der Waals surface area contributed by atoms with Gasteiger partial charge >= 0.3 is 0 Å². The Balaban J connectivity index is 1.66. The van der Waals surface area contributed by atoms with Crippen molar-refractivity contribution >= 4 is 5.91 Å². The molecule has 0 spiro atoms. The van der Waals surface area contributed by atoms with Gasteiger partial charge in [0.05, 0.1) is 17.7 Å². The lowest BCUT2D eigenvalue weighted by atomic mass is 9.70. The summed E-state index contributed by atoms with van der Waals surface area (Å²) in [6.07, 6.45) is -3.85. The SMILES string of the molecule is CC1(C)O[C@@H]2[C@@H](O)[C@@H](O)[C@@H]3c4cc5c(c(O)c4C(=O)N[C@H]3[C@@H]2O1)OCO5. The van der Waals surface area contributed by atoms with E-state index in [4.69, 9.17) is 18.9 Å². The van der Waals surface area contributed by atoms with Crippen LogP contribution >= 0.6 is 0 Å². The molecule has 0 radical (unpaired) electrons. The van der Waals surface area contributed by atoms with Gasteiger partial charge in [-0.1, -0.05) is 0 Å². The number of nitrogens with one attached hydrogen (secondary N) is 1. The van der Waals surface area contributed by atoms with Crippen LogP contribution in [0.5, 0.6) is 17.2 Å². The summed E-state index contributed by atoms with van der Waals surface area (Å²) in [4.78, 5) is 12.7. The number of phenols is 1. The number of fused-ring (bicyclic) bond motifs is 6. The third-order valence-corrected chi connectivity index (χ3v) is 5.51. The molecule has 1 aromatic carbocycles. The van der Waals surface area contributed by atoms with Crippen molar-refractivity contribution in [3.8, 4) is 17.2 Å². The van der Waals surface area contributed by atoms with Gasteiger partial charge in [-0.25, -0.2) is 0 Å². The van der Waals surface area contributed by atoms with Crippen LogP contribution < -0.4 is 14.8 Å². The third-order valence-electron chi connectivity index (χ3n) is 5.51. The lowest BCUT2D eigenvalue weighted by Crippen LogP contribution is -2.65. The number of aromatic hydroxyl groups is 1. The monoisotopic (exact) mass is 365 g/mol. The zero-order valence-electron chi connectivity index (χ0n) is 14.1. The molecule has 4 N–H and O–H groups in total. The van der Waals surface area contributed by atoms with Gasteiger partial charge in [0.2, 0.25) is 12.5 Å². The molecule has 9 nitrogen and oxygen atoms in total. The molecule has 5 rings (SSSR count). The number of hydrogen-bond donors (Lipinski definition) is 4. The number of aliphatic hydroxyl groups excluding tert-OH is 2. The van der Waals surface area contributed by atoms with Gasteiger partial charge in [0.15, 0.2) is 17.3 Å². The molecule has 4 aliphatic rings. The van der Waals surface area contributed by atoms with Crippen molar-refractivity contribution < 1.29 is 39.1 Å². The predicted octanol–water partition coefficient (Wildman–Crippen LogP) is -0.428. The molecule has 0 unspecified atom stereocenters. The summed E-state index contributed by atoms with van der Waals surface area (Å²) >= 11 is 0. The van der Waals surface area contributed by atoms with Crippen molar-refractivity contribution in [1.82, 2.24) is 5.32 Å². The first-order chi connectivity index (χ1) is 12.3. The summed E-state index contributed by atoms with van der Waals surface area (Å²) in [6, 6.07) is 0.949. The zero-order chi connectivity index (χ0) is 18.4. The topological polar surface area (TPSA) is 127 Å². The Morgan fingerprint density at radius 2 is 1.88 bits per heavy atom. The Labute approximate surface area is 148 Å². The molecule has 0 aromatic heterocycles. The molecule has 1 saturated heterocycles. The predicted molar refractivity (Wildman–Crippen MR) is 84.1 cm³/mol. The number of carbonyl (C=O) groups excluding carboxylic acids is 1. The van der Waals surface area contributed by atoms with Gasteiger partial charge in [-0.15, -0.1) is 0 Å². The summed E-state index contributed by atoms with van der Waals surface area (Å²) in [5, 5.41) is 34.6. The van der Waals surface area contributed by atoms with E-state index in [9.17, 15) is 20.1 Å². The summed E-state index contributed by atoms with van der Waals surface area (Å²) in [7, 11) is 0. The maximum atomic E-state index is 12.7. The number of benzene rings is 1. The average molecular weight is 365 g/mol. The van der Waals surface area contributed by atoms with Crippen LogP contribution in [0.3, 0.4) is 0 Å². The number of phenolic OH excluding ortho intramolecular Hbond substituents is 1. The van der Waals surface area contributed by atoms with Crippen LogP contribution in [0.25, 0.3) is 0 Å². The Hall–Kier alpha value is -2.07. The van der Waals surface area contributed by atoms with E-state index >= 15 is 0 Å². The van der Waals surface area contributed by atoms with Crippen molar-refractivity contribution in [2.75, 3.05) is 6.79 Å². The molecule has 1 aliphatic carbocycles. The van der Waals surface area contributed by atoms with E-state index in [0.717, 1.165) is 0 Å². The minimum atomic E-state index is -1.22. The highest BCUT2D eigenvalue weighted by atomic mass is 16.8. The molecule has 3 heterocycles. The lowest BCUT2D eigenvalue weighted by Gasteiger charge is -2.46. The molecular formula is C17H19NO8. The number of aliphatic hydroxyl groups is 2.